The number of hydrogen-bond acceptors (Lipinski definition) is 2. The van der Waals surface area contributed by atoms with Crippen molar-refractivity contribution in [2.75, 3.05) is 18.8 Å². The number of rotatable bonds is 0. The molecule has 2 heteroatoms. The van der Waals surface area contributed by atoms with Crippen LogP contribution in [0.5, 0.6) is 0 Å². The van der Waals surface area contributed by atoms with Gasteiger partial charge in [0.1, 0.15) is 0 Å². The Kier molecular flexibility index (Phi) is 6.65. The van der Waals surface area contributed by atoms with Crippen molar-refractivity contribution in [3.8, 4) is 0 Å². The summed E-state index contributed by atoms with van der Waals surface area (Å²) in [7, 11) is 0. The zero-order chi connectivity index (χ0) is 7.11. The average Bonchev–Trinajstić information content (AvgIpc) is 1.94. The van der Waals surface area contributed by atoms with Gasteiger partial charge in [-0.1, -0.05) is 20.8 Å². The van der Waals surface area contributed by atoms with E-state index < -0.39 is 0 Å². The molecule has 1 heterocycles. The molecule has 0 aliphatic carbocycles. The van der Waals surface area contributed by atoms with Crippen molar-refractivity contribution < 1.29 is 0 Å². The standard InChI is InChI=1S/C5H11NS.C2H6/c1-5-4-6-2-3-7-5;1-2/h5-6H,2-4H2,1H3;1-2H3. The Morgan fingerprint density at radius 1 is 1.44 bits per heavy atom. The van der Waals surface area contributed by atoms with Crippen LogP contribution in [0.1, 0.15) is 20.8 Å². The molecule has 0 spiro atoms. The number of hydrogen-bond donors (Lipinski definition) is 1. The van der Waals surface area contributed by atoms with E-state index >= 15 is 0 Å². The predicted octanol–water partition coefficient (Wildman–Crippen LogP) is 1.74. The average molecular weight is 147 g/mol. The summed E-state index contributed by atoms with van der Waals surface area (Å²) in [5, 5.41) is 4.16. The van der Waals surface area contributed by atoms with Crippen molar-refractivity contribution in [1.29, 1.82) is 0 Å². The van der Waals surface area contributed by atoms with Crippen LogP contribution < -0.4 is 5.32 Å². The lowest BCUT2D eigenvalue weighted by atomic mass is 10.4. The lowest BCUT2D eigenvalue weighted by molar-refractivity contribution is 0.695. The van der Waals surface area contributed by atoms with Crippen LogP contribution in [0.25, 0.3) is 0 Å². The Balaban J connectivity index is 0.000000291. The van der Waals surface area contributed by atoms with Gasteiger partial charge in [0.25, 0.3) is 0 Å². The molecule has 1 aliphatic rings. The van der Waals surface area contributed by atoms with Gasteiger partial charge in [-0.25, -0.2) is 0 Å². The molecule has 1 unspecified atom stereocenters. The van der Waals surface area contributed by atoms with Gasteiger partial charge in [-0.15, -0.1) is 0 Å². The predicted molar refractivity (Wildman–Crippen MR) is 46.1 cm³/mol. The van der Waals surface area contributed by atoms with Gasteiger partial charge in [0.2, 0.25) is 0 Å². The smallest absolute Gasteiger partial charge is 0.0144 e. The van der Waals surface area contributed by atoms with Gasteiger partial charge in [-0.2, -0.15) is 11.8 Å². The van der Waals surface area contributed by atoms with Gasteiger partial charge in [0.15, 0.2) is 0 Å². The molecule has 0 bridgehead atoms. The monoisotopic (exact) mass is 147 g/mol. The van der Waals surface area contributed by atoms with E-state index in [1.165, 1.54) is 18.8 Å². The third-order valence-electron chi connectivity index (χ3n) is 1.11. The maximum Gasteiger partial charge on any atom is 0.0144 e. The third-order valence-corrected chi connectivity index (χ3v) is 2.29. The maximum atomic E-state index is 3.31. The Labute approximate surface area is 62.6 Å². The van der Waals surface area contributed by atoms with Crippen LogP contribution in [0.2, 0.25) is 0 Å². The summed E-state index contributed by atoms with van der Waals surface area (Å²) in [5.41, 5.74) is 0. The highest BCUT2D eigenvalue weighted by atomic mass is 32.2. The van der Waals surface area contributed by atoms with E-state index in [0.29, 0.717) is 0 Å². The number of thioether (sulfide) groups is 1. The van der Waals surface area contributed by atoms with Crippen molar-refractivity contribution in [2.45, 2.75) is 26.0 Å². The second kappa shape index (κ2) is 6.43. The lowest BCUT2D eigenvalue weighted by Crippen LogP contribution is -2.30. The highest BCUT2D eigenvalue weighted by Gasteiger charge is 2.05. The molecular formula is C7H17NS. The highest BCUT2D eigenvalue weighted by molar-refractivity contribution is 7.99. The molecule has 1 rings (SSSR count). The van der Waals surface area contributed by atoms with E-state index in [2.05, 4.69) is 24.0 Å². The van der Waals surface area contributed by atoms with E-state index in [1.54, 1.807) is 0 Å². The summed E-state index contributed by atoms with van der Waals surface area (Å²) in [4.78, 5) is 0. The quantitative estimate of drug-likeness (QED) is 0.560. The van der Waals surface area contributed by atoms with Crippen LogP contribution in [0.4, 0.5) is 0 Å². The van der Waals surface area contributed by atoms with Crippen molar-refractivity contribution in [3.05, 3.63) is 0 Å². The highest BCUT2D eigenvalue weighted by Crippen LogP contribution is 2.10. The summed E-state index contributed by atoms with van der Waals surface area (Å²) < 4.78 is 0. The molecular weight excluding hydrogens is 130 g/mol. The molecule has 9 heavy (non-hydrogen) atoms. The van der Waals surface area contributed by atoms with Crippen LogP contribution in [0, 0.1) is 0 Å². The number of nitrogens with one attached hydrogen (secondary N) is 1. The van der Waals surface area contributed by atoms with E-state index in [4.69, 9.17) is 0 Å². The summed E-state index contributed by atoms with van der Waals surface area (Å²) >= 11 is 2.06. The Morgan fingerprint density at radius 3 is 2.33 bits per heavy atom. The molecule has 1 fully saturated rings. The van der Waals surface area contributed by atoms with Crippen molar-refractivity contribution in [1.82, 2.24) is 5.32 Å². The van der Waals surface area contributed by atoms with E-state index in [1.807, 2.05) is 13.8 Å². The van der Waals surface area contributed by atoms with Gasteiger partial charge in [-0.05, 0) is 0 Å². The second-order valence-corrected chi connectivity index (χ2v) is 3.43. The Bertz CT molecular complexity index is 50.9. The van der Waals surface area contributed by atoms with Gasteiger partial charge >= 0.3 is 0 Å². The van der Waals surface area contributed by atoms with Crippen molar-refractivity contribution in [3.63, 3.8) is 0 Å². The molecule has 0 aromatic carbocycles. The Morgan fingerprint density at radius 2 is 2.11 bits per heavy atom. The van der Waals surface area contributed by atoms with Crippen molar-refractivity contribution in [2.24, 2.45) is 0 Å². The third kappa shape index (κ3) is 4.79. The first-order valence-corrected chi connectivity index (χ1v) is 4.77. The first-order chi connectivity index (χ1) is 4.39. The fourth-order valence-electron chi connectivity index (χ4n) is 0.697. The van der Waals surface area contributed by atoms with E-state index in [-0.39, 0.29) is 0 Å². The van der Waals surface area contributed by atoms with Crippen LogP contribution >= 0.6 is 11.8 Å². The summed E-state index contributed by atoms with van der Waals surface area (Å²) in [6, 6.07) is 0. The van der Waals surface area contributed by atoms with Crippen LogP contribution in [0.15, 0.2) is 0 Å². The summed E-state index contributed by atoms with van der Waals surface area (Å²) in [5.74, 6) is 1.29. The van der Waals surface area contributed by atoms with Crippen LogP contribution in [-0.4, -0.2) is 24.1 Å². The molecule has 1 N–H and O–H groups in total. The van der Waals surface area contributed by atoms with Gasteiger partial charge in [0.05, 0.1) is 0 Å². The molecule has 1 nitrogen and oxygen atoms in total. The van der Waals surface area contributed by atoms with E-state index in [0.717, 1.165) is 5.25 Å². The molecule has 0 radical (unpaired) electrons. The maximum absolute atomic E-state index is 3.31. The minimum atomic E-state index is 0.841. The van der Waals surface area contributed by atoms with Gasteiger partial charge in [0, 0.05) is 24.1 Å². The summed E-state index contributed by atoms with van der Waals surface area (Å²) in [6.07, 6.45) is 0. The molecule has 0 saturated carbocycles. The molecule has 1 atom stereocenters. The summed E-state index contributed by atoms with van der Waals surface area (Å²) in [6.45, 7) is 8.66. The SMILES string of the molecule is CC.CC1CNCCS1. The molecule has 0 aromatic heterocycles. The normalized spacial score (nSPS) is 26.3. The zero-order valence-corrected chi connectivity index (χ0v) is 7.42. The zero-order valence-electron chi connectivity index (χ0n) is 6.61. The van der Waals surface area contributed by atoms with Gasteiger partial charge < -0.3 is 5.32 Å². The first-order valence-electron chi connectivity index (χ1n) is 3.72. The molecule has 1 aliphatic heterocycles. The second-order valence-electron chi connectivity index (χ2n) is 1.89. The molecule has 56 valence electrons. The minimum Gasteiger partial charge on any atom is -0.315 e. The van der Waals surface area contributed by atoms with Crippen molar-refractivity contribution >= 4 is 11.8 Å². The molecule has 0 aromatic rings. The van der Waals surface area contributed by atoms with Crippen LogP contribution in [-0.2, 0) is 0 Å². The first kappa shape index (κ1) is 9.31. The largest absolute Gasteiger partial charge is 0.315 e. The molecule has 0 amide bonds. The minimum absolute atomic E-state index is 0.841. The fraction of sp³-hybridized carbons (Fsp3) is 1.00. The van der Waals surface area contributed by atoms with Crippen LogP contribution in [0.3, 0.4) is 0 Å². The van der Waals surface area contributed by atoms with E-state index in [9.17, 15) is 0 Å². The fourth-order valence-corrected chi connectivity index (χ4v) is 1.60. The Hall–Kier alpha value is 0.310. The topological polar surface area (TPSA) is 12.0 Å². The lowest BCUT2D eigenvalue weighted by Gasteiger charge is -2.17. The van der Waals surface area contributed by atoms with Gasteiger partial charge in [-0.3, -0.25) is 0 Å². The molecule has 1 saturated heterocycles.